The molecule has 3 aliphatic heterocycles. The summed E-state index contributed by atoms with van der Waals surface area (Å²) in [5, 5.41) is 14.0. The van der Waals surface area contributed by atoms with E-state index in [4.69, 9.17) is 28.4 Å². The third-order valence-electron chi connectivity index (χ3n) is 6.03. The van der Waals surface area contributed by atoms with E-state index in [0.717, 1.165) is 12.8 Å². The molecule has 3 heterocycles. The maximum Gasteiger partial charge on any atom is 0.160 e. The van der Waals surface area contributed by atoms with E-state index in [-0.39, 0.29) is 30.6 Å². The van der Waals surface area contributed by atoms with Crippen molar-refractivity contribution in [1.29, 1.82) is 5.26 Å². The lowest BCUT2D eigenvalue weighted by Gasteiger charge is -2.49. The molecular formula is C23H36N2O6. The molecule has 8 heteroatoms. The van der Waals surface area contributed by atoms with Gasteiger partial charge in [0.15, 0.2) is 12.6 Å². The molecule has 0 amide bonds. The predicted molar refractivity (Wildman–Crippen MR) is 114 cm³/mol. The van der Waals surface area contributed by atoms with Crippen molar-refractivity contribution in [3.63, 3.8) is 0 Å². The van der Waals surface area contributed by atoms with Crippen LogP contribution in [-0.2, 0) is 28.4 Å². The molecule has 0 saturated carbocycles. The molecule has 0 unspecified atom stereocenters. The quantitative estimate of drug-likeness (QED) is 0.501. The van der Waals surface area contributed by atoms with Gasteiger partial charge in [-0.2, -0.15) is 5.26 Å². The zero-order chi connectivity index (χ0) is 22.3. The Labute approximate surface area is 185 Å². The molecule has 31 heavy (non-hydrogen) atoms. The van der Waals surface area contributed by atoms with Gasteiger partial charge in [-0.25, -0.2) is 0 Å². The molecule has 0 aromatic heterocycles. The molecule has 8 nitrogen and oxygen atoms in total. The van der Waals surface area contributed by atoms with Crippen molar-refractivity contribution in [1.82, 2.24) is 5.32 Å². The maximum absolute atomic E-state index is 10.4. The summed E-state index contributed by atoms with van der Waals surface area (Å²) in [6.07, 6.45) is 3.81. The Morgan fingerprint density at radius 3 is 2.35 bits per heavy atom. The van der Waals surface area contributed by atoms with E-state index in [1.54, 1.807) is 12.2 Å². The minimum absolute atomic E-state index is 0.185. The Hall–Kier alpha value is -1.31. The zero-order valence-corrected chi connectivity index (χ0v) is 18.7. The predicted octanol–water partition coefficient (Wildman–Crippen LogP) is 2.45. The Morgan fingerprint density at radius 2 is 1.68 bits per heavy atom. The monoisotopic (exact) mass is 437 g/mol. The van der Waals surface area contributed by atoms with Gasteiger partial charge in [0.2, 0.25) is 0 Å². The molecule has 1 N–H and O–H groups in total. The number of hydrogen-bond donors (Lipinski definition) is 1. The normalized spacial score (nSPS) is 41.6. The van der Waals surface area contributed by atoms with Crippen LogP contribution < -0.4 is 5.32 Å². The van der Waals surface area contributed by atoms with Crippen molar-refractivity contribution in [2.45, 2.75) is 88.1 Å². The van der Waals surface area contributed by atoms with Crippen LogP contribution in [0.1, 0.15) is 39.5 Å². The molecule has 3 rings (SSSR count). The first-order valence-corrected chi connectivity index (χ1v) is 11.2. The maximum atomic E-state index is 10.4. The first-order valence-electron chi connectivity index (χ1n) is 11.2. The number of nitriles is 1. The fourth-order valence-corrected chi connectivity index (χ4v) is 4.65. The second-order valence-electron chi connectivity index (χ2n) is 8.39. The number of hydrogen-bond acceptors (Lipinski definition) is 8. The lowest BCUT2D eigenvalue weighted by Crippen LogP contribution is -2.69. The summed E-state index contributed by atoms with van der Waals surface area (Å²) >= 11 is 0. The third-order valence-corrected chi connectivity index (χ3v) is 6.03. The number of nitrogens with zero attached hydrogens (tertiary/aromatic N) is 1. The molecule has 4 bridgehead atoms. The molecule has 0 aromatic carbocycles. The summed E-state index contributed by atoms with van der Waals surface area (Å²) in [5.41, 5.74) is -1.03. The fraction of sp³-hybridized carbons (Fsp3) is 0.783. The lowest BCUT2D eigenvalue weighted by molar-refractivity contribution is -0.252. The van der Waals surface area contributed by atoms with Crippen LogP contribution in [0.25, 0.3) is 0 Å². The molecule has 0 aromatic rings. The Kier molecular flexibility index (Phi) is 9.05. The fourth-order valence-electron chi connectivity index (χ4n) is 4.65. The molecule has 0 spiro atoms. The van der Waals surface area contributed by atoms with Gasteiger partial charge in [-0.3, -0.25) is 5.32 Å². The van der Waals surface area contributed by atoms with Crippen LogP contribution >= 0.6 is 0 Å². The molecule has 174 valence electrons. The van der Waals surface area contributed by atoms with E-state index in [9.17, 15) is 5.26 Å². The Morgan fingerprint density at radius 1 is 1.03 bits per heavy atom. The highest BCUT2D eigenvalue weighted by Crippen LogP contribution is 2.35. The van der Waals surface area contributed by atoms with Gasteiger partial charge in [0.1, 0.15) is 11.6 Å². The van der Waals surface area contributed by atoms with Crippen molar-refractivity contribution in [2.75, 3.05) is 26.4 Å². The van der Waals surface area contributed by atoms with Gasteiger partial charge < -0.3 is 28.4 Å². The summed E-state index contributed by atoms with van der Waals surface area (Å²) in [7, 11) is 0. The smallest absolute Gasteiger partial charge is 0.160 e. The van der Waals surface area contributed by atoms with Gasteiger partial charge >= 0.3 is 0 Å². The van der Waals surface area contributed by atoms with Gasteiger partial charge in [-0.15, -0.1) is 13.2 Å². The highest BCUT2D eigenvalue weighted by Gasteiger charge is 2.53. The zero-order valence-electron chi connectivity index (χ0n) is 18.7. The van der Waals surface area contributed by atoms with Crippen LogP contribution in [0.4, 0.5) is 0 Å². The van der Waals surface area contributed by atoms with Crippen LogP contribution in [-0.4, -0.2) is 75.0 Å². The Bertz CT molecular complexity index is 640. The first kappa shape index (κ1) is 24.3. The molecule has 8 atom stereocenters. The van der Waals surface area contributed by atoms with Crippen molar-refractivity contribution >= 4 is 0 Å². The second-order valence-corrected chi connectivity index (χ2v) is 8.39. The summed E-state index contributed by atoms with van der Waals surface area (Å²) in [6, 6.07) is 2.33. The van der Waals surface area contributed by atoms with Crippen molar-refractivity contribution in [2.24, 2.45) is 0 Å². The second kappa shape index (κ2) is 11.5. The van der Waals surface area contributed by atoms with Gasteiger partial charge in [0, 0.05) is 32.1 Å². The number of rotatable bonds is 6. The van der Waals surface area contributed by atoms with Gasteiger partial charge in [-0.1, -0.05) is 12.2 Å². The highest BCUT2D eigenvalue weighted by molar-refractivity contribution is 5.18. The largest absolute Gasteiger partial charge is 0.370 e. The number of fused-ring (bicyclic) bond motifs is 4. The van der Waals surface area contributed by atoms with Gasteiger partial charge in [0.25, 0.3) is 0 Å². The first-order chi connectivity index (χ1) is 15.0. The minimum atomic E-state index is -1.03. The lowest BCUT2D eigenvalue weighted by atomic mass is 9.84. The van der Waals surface area contributed by atoms with E-state index < -0.39 is 17.9 Å². The Balaban J connectivity index is 1.93. The van der Waals surface area contributed by atoms with E-state index in [0.29, 0.717) is 39.3 Å². The molecule has 0 aliphatic carbocycles. The van der Waals surface area contributed by atoms with Crippen LogP contribution in [0.15, 0.2) is 25.3 Å². The van der Waals surface area contributed by atoms with E-state index in [2.05, 4.69) is 24.5 Å². The average Bonchev–Trinajstić information content (AvgIpc) is 2.75. The topological polar surface area (TPSA) is 91.2 Å². The average molecular weight is 438 g/mol. The summed E-state index contributed by atoms with van der Waals surface area (Å²) in [4.78, 5) is 0. The molecule has 3 saturated heterocycles. The number of nitrogens with one attached hydrogen (secondary N) is 1. The third kappa shape index (κ3) is 5.93. The molecule has 0 radical (unpaired) electrons. The molecule has 3 aliphatic rings. The van der Waals surface area contributed by atoms with Crippen LogP contribution in [0.5, 0.6) is 0 Å². The van der Waals surface area contributed by atoms with Crippen LogP contribution in [0.2, 0.25) is 0 Å². The van der Waals surface area contributed by atoms with E-state index >= 15 is 0 Å². The van der Waals surface area contributed by atoms with Crippen molar-refractivity contribution in [3.05, 3.63) is 25.3 Å². The van der Waals surface area contributed by atoms with Crippen molar-refractivity contribution in [3.8, 4) is 6.07 Å². The molecule has 3 fully saturated rings. The van der Waals surface area contributed by atoms with Crippen molar-refractivity contribution < 1.29 is 28.4 Å². The summed E-state index contributed by atoms with van der Waals surface area (Å²) in [6.45, 7) is 13.2. The standard InChI is InChI=1S/C23H36N2O6/c1-5-9-28-21-16(3)30-19-13-18(21)25-23(15-24)14-20(27-12-8-7-11-26-19)31-17(4)22(23)29-10-6-2/h5-6,16-22,25H,1-2,7-14H2,3-4H3/t16-,17-,18+,19+,20+,21-,22-,23-/m0/s1/i25+1. The highest BCUT2D eigenvalue weighted by atomic mass is 16.7. The van der Waals surface area contributed by atoms with Crippen LogP contribution in [0.3, 0.4) is 0 Å². The van der Waals surface area contributed by atoms with Crippen LogP contribution in [0, 0.1) is 11.3 Å². The number of ether oxygens (including phenoxy) is 6. The SMILES string of the molecule is C=CCO[C@H]1[C@H](C)O[C@@H]2C[C@H]1[15NH][C@]1(C#N)C[C@H](OCCCCO2)O[C@@H](C)[C@@H]1OCC=C. The summed E-state index contributed by atoms with van der Waals surface area (Å²) in [5.74, 6) is 0. The summed E-state index contributed by atoms with van der Waals surface area (Å²) < 4.78 is 36.2. The van der Waals surface area contributed by atoms with Gasteiger partial charge in [0.05, 0.1) is 37.6 Å². The van der Waals surface area contributed by atoms with E-state index in [1.165, 1.54) is 0 Å². The van der Waals surface area contributed by atoms with E-state index in [1.807, 2.05) is 13.8 Å². The minimum Gasteiger partial charge on any atom is -0.370 e. The molecular weight excluding hydrogens is 401 g/mol. The van der Waals surface area contributed by atoms with Gasteiger partial charge in [-0.05, 0) is 26.7 Å².